The molecule has 3 fully saturated rings. The summed E-state index contributed by atoms with van der Waals surface area (Å²) in [5, 5.41) is 3.38. The lowest BCUT2D eigenvalue weighted by Crippen LogP contribution is -2.42. The predicted molar refractivity (Wildman–Crippen MR) is 69.6 cm³/mol. The number of hydrogen-bond donors (Lipinski definition) is 1. The first-order chi connectivity index (χ1) is 9.54. The van der Waals surface area contributed by atoms with E-state index in [1.165, 1.54) is 12.8 Å². The number of hydrogen-bond acceptors (Lipinski definition) is 4. The second-order valence-corrected chi connectivity index (χ2v) is 6.33. The zero-order valence-corrected chi connectivity index (χ0v) is 11.6. The first-order valence-corrected chi connectivity index (χ1v) is 7.58. The minimum Gasteiger partial charge on any atom is -0.456 e. The highest BCUT2D eigenvalue weighted by molar-refractivity contribution is 5.79. The number of carbonyl (C=O) groups is 1. The van der Waals surface area contributed by atoms with Gasteiger partial charge in [-0.15, -0.1) is 0 Å². The largest absolute Gasteiger partial charge is 0.456 e. The molecule has 1 N–H and O–H groups in total. The number of cyclic esters (lactones) is 1. The van der Waals surface area contributed by atoms with Crippen molar-refractivity contribution in [3.05, 3.63) is 0 Å². The van der Waals surface area contributed by atoms with Crippen LogP contribution in [0.2, 0.25) is 0 Å². The molecule has 0 aromatic rings. The molecular formula is C14H22F2N2O2. The van der Waals surface area contributed by atoms with Gasteiger partial charge in [-0.25, -0.2) is 4.79 Å². The Hall–Kier alpha value is -0.750. The molecule has 3 aliphatic rings. The number of nitrogens with zero attached hydrogens (tertiary/aromatic N) is 1. The molecule has 0 aromatic carbocycles. The molecule has 20 heavy (non-hydrogen) atoms. The number of carbonyl (C=O) groups excluding carboxylic acids is 1. The average Bonchev–Trinajstić information content (AvgIpc) is 3.19. The van der Waals surface area contributed by atoms with E-state index in [2.05, 4.69) is 10.2 Å². The smallest absolute Gasteiger partial charge is 0.377 e. The molecule has 1 aliphatic carbocycles. The quantitative estimate of drug-likeness (QED) is 0.777. The average molecular weight is 288 g/mol. The maximum Gasteiger partial charge on any atom is 0.377 e. The van der Waals surface area contributed by atoms with Crippen molar-refractivity contribution in [2.75, 3.05) is 26.2 Å². The molecule has 2 heterocycles. The van der Waals surface area contributed by atoms with Crippen molar-refractivity contribution in [1.82, 2.24) is 10.2 Å². The third-order valence-corrected chi connectivity index (χ3v) is 4.45. The molecule has 2 aliphatic heterocycles. The Kier molecular flexibility index (Phi) is 3.95. The van der Waals surface area contributed by atoms with Gasteiger partial charge in [0.2, 0.25) is 0 Å². The fourth-order valence-corrected chi connectivity index (χ4v) is 3.24. The van der Waals surface area contributed by atoms with Crippen LogP contribution in [0, 0.1) is 5.92 Å². The Morgan fingerprint density at radius 2 is 2.10 bits per heavy atom. The van der Waals surface area contributed by atoms with E-state index < -0.39 is 24.4 Å². The first kappa shape index (κ1) is 14.2. The van der Waals surface area contributed by atoms with E-state index in [0.717, 1.165) is 32.5 Å². The summed E-state index contributed by atoms with van der Waals surface area (Å²) < 4.78 is 31.2. The van der Waals surface area contributed by atoms with Crippen molar-refractivity contribution in [3.63, 3.8) is 0 Å². The molecule has 2 saturated heterocycles. The highest BCUT2D eigenvalue weighted by Gasteiger charge is 2.51. The zero-order chi connectivity index (χ0) is 14.2. The van der Waals surface area contributed by atoms with E-state index in [-0.39, 0.29) is 0 Å². The maximum absolute atomic E-state index is 13.2. The Balaban J connectivity index is 1.54. The van der Waals surface area contributed by atoms with Crippen LogP contribution in [0.25, 0.3) is 0 Å². The number of halogens is 2. The summed E-state index contributed by atoms with van der Waals surface area (Å²) in [6, 6.07) is 0.504. The molecule has 1 saturated carbocycles. The Labute approximate surface area is 117 Å². The van der Waals surface area contributed by atoms with Crippen LogP contribution in [-0.4, -0.2) is 55.1 Å². The summed E-state index contributed by atoms with van der Waals surface area (Å²) in [4.78, 5) is 13.3. The minimum absolute atomic E-state index is 0.460. The molecule has 0 bridgehead atoms. The van der Waals surface area contributed by atoms with E-state index in [9.17, 15) is 13.6 Å². The van der Waals surface area contributed by atoms with E-state index in [4.69, 9.17) is 4.74 Å². The molecular weight excluding hydrogens is 266 g/mol. The highest BCUT2D eigenvalue weighted by Crippen LogP contribution is 2.34. The molecule has 2 atom stereocenters. The minimum atomic E-state index is -3.29. The molecule has 114 valence electrons. The zero-order valence-electron chi connectivity index (χ0n) is 11.6. The van der Waals surface area contributed by atoms with Gasteiger partial charge in [-0.3, -0.25) is 4.90 Å². The van der Waals surface area contributed by atoms with Gasteiger partial charge in [0.05, 0.1) is 6.42 Å². The van der Waals surface area contributed by atoms with Crippen LogP contribution in [0.1, 0.15) is 32.1 Å². The lowest BCUT2D eigenvalue weighted by atomic mass is 9.98. The second kappa shape index (κ2) is 5.56. The van der Waals surface area contributed by atoms with Crippen LogP contribution in [0.4, 0.5) is 8.78 Å². The summed E-state index contributed by atoms with van der Waals surface area (Å²) in [5.41, 5.74) is 0. The van der Waals surface area contributed by atoms with Crippen molar-refractivity contribution < 1.29 is 18.3 Å². The SMILES string of the molecule is O=C1OC(CN(CC2CCCNC2)C2CC2)CC1(F)F. The lowest BCUT2D eigenvalue weighted by molar-refractivity contribution is -0.159. The van der Waals surface area contributed by atoms with Crippen LogP contribution in [-0.2, 0) is 9.53 Å². The third-order valence-electron chi connectivity index (χ3n) is 4.45. The van der Waals surface area contributed by atoms with Crippen molar-refractivity contribution in [3.8, 4) is 0 Å². The normalized spacial score (nSPS) is 33.5. The Bertz CT molecular complexity index is 368. The maximum atomic E-state index is 13.2. The monoisotopic (exact) mass is 288 g/mol. The topological polar surface area (TPSA) is 41.6 Å². The van der Waals surface area contributed by atoms with Gasteiger partial charge >= 0.3 is 11.9 Å². The molecule has 0 amide bonds. The van der Waals surface area contributed by atoms with Crippen LogP contribution >= 0.6 is 0 Å². The Morgan fingerprint density at radius 3 is 2.65 bits per heavy atom. The number of esters is 1. The van der Waals surface area contributed by atoms with E-state index in [1.807, 2.05) is 0 Å². The number of nitrogens with one attached hydrogen (secondary N) is 1. The summed E-state index contributed by atoms with van der Waals surface area (Å²) >= 11 is 0. The summed E-state index contributed by atoms with van der Waals surface area (Å²) in [7, 11) is 0. The number of rotatable bonds is 5. The molecule has 3 rings (SSSR count). The van der Waals surface area contributed by atoms with E-state index in [1.54, 1.807) is 0 Å². The molecule has 4 nitrogen and oxygen atoms in total. The summed E-state index contributed by atoms with van der Waals surface area (Å²) in [6.45, 7) is 3.47. The molecule has 0 radical (unpaired) electrons. The van der Waals surface area contributed by atoms with Gasteiger partial charge in [0.1, 0.15) is 6.10 Å². The van der Waals surface area contributed by atoms with Crippen LogP contribution in [0.15, 0.2) is 0 Å². The van der Waals surface area contributed by atoms with Gasteiger partial charge < -0.3 is 10.1 Å². The van der Waals surface area contributed by atoms with Gasteiger partial charge in [0, 0.05) is 19.1 Å². The van der Waals surface area contributed by atoms with Crippen LogP contribution in [0.3, 0.4) is 0 Å². The molecule has 0 aromatic heterocycles. The van der Waals surface area contributed by atoms with Crippen molar-refractivity contribution >= 4 is 5.97 Å². The fourth-order valence-electron chi connectivity index (χ4n) is 3.24. The third kappa shape index (κ3) is 3.28. The fraction of sp³-hybridized carbons (Fsp3) is 0.929. The van der Waals surface area contributed by atoms with E-state index in [0.29, 0.717) is 18.5 Å². The van der Waals surface area contributed by atoms with Gasteiger partial charge in [0.15, 0.2) is 0 Å². The highest BCUT2D eigenvalue weighted by atomic mass is 19.3. The van der Waals surface area contributed by atoms with Crippen LogP contribution < -0.4 is 5.32 Å². The summed E-state index contributed by atoms with van der Waals surface area (Å²) in [6.07, 6.45) is 3.54. The first-order valence-electron chi connectivity index (χ1n) is 7.58. The van der Waals surface area contributed by atoms with E-state index >= 15 is 0 Å². The Morgan fingerprint density at radius 1 is 1.30 bits per heavy atom. The van der Waals surface area contributed by atoms with Gasteiger partial charge in [-0.2, -0.15) is 8.78 Å². The number of alkyl halides is 2. The molecule has 6 heteroatoms. The number of ether oxygens (including phenoxy) is 1. The van der Waals surface area contributed by atoms with Crippen molar-refractivity contribution in [1.29, 1.82) is 0 Å². The predicted octanol–water partition coefficient (Wildman–Crippen LogP) is 1.40. The second-order valence-electron chi connectivity index (χ2n) is 6.33. The van der Waals surface area contributed by atoms with Gasteiger partial charge in [-0.05, 0) is 44.7 Å². The lowest BCUT2D eigenvalue weighted by Gasteiger charge is -2.31. The molecule has 2 unspecified atom stereocenters. The standard InChI is InChI=1S/C14H22F2N2O2/c15-14(16)6-12(20-13(14)19)9-18(11-3-4-11)8-10-2-1-5-17-7-10/h10-12,17H,1-9H2. The van der Waals surface area contributed by atoms with Gasteiger partial charge in [0.25, 0.3) is 0 Å². The number of piperidine rings is 1. The van der Waals surface area contributed by atoms with Crippen LogP contribution in [0.5, 0.6) is 0 Å². The van der Waals surface area contributed by atoms with Gasteiger partial charge in [-0.1, -0.05) is 0 Å². The van der Waals surface area contributed by atoms with Crippen molar-refractivity contribution in [2.24, 2.45) is 5.92 Å². The van der Waals surface area contributed by atoms with Crippen molar-refractivity contribution in [2.45, 2.75) is 50.2 Å². The summed E-state index contributed by atoms with van der Waals surface area (Å²) in [5.74, 6) is -4.05. The molecule has 0 spiro atoms.